The fourth-order valence-electron chi connectivity index (χ4n) is 1.28. The Morgan fingerprint density at radius 3 is 2.84 bits per heavy atom. The number of aromatic nitrogens is 6. The van der Waals surface area contributed by atoms with E-state index in [2.05, 4.69) is 30.4 Å². The third-order valence-corrected chi connectivity index (χ3v) is 2.08. The second kappa shape index (κ2) is 6.59. The van der Waals surface area contributed by atoms with Crippen molar-refractivity contribution in [1.82, 2.24) is 29.7 Å². The molecule has 2 heterocycles. The molecule has 2 aromatic heterocycles. The zero-order chi connectivity index (χ0) is 13.5. The average Bonchev–Trinajstić information content (AvgIpc) is 2.93. The summed E-state index contributed by atoms with van der Waals surface area (Å²) in [5.74, 6) is 0.770. The van der Waals surface area contributed by atoms with Crippen molar-refractivity contribution in [3.63, 3.8) is 0 Å². The van der Waals surface area contributed by atoms with Crippen LogP contribution in [0.1, 0.15) is 6.92 Å². The highest BCUT2D eigenvalue weighted by atomic mass is 16.5. The fourth-order valence-corrected chi connectivity index (χ4v) is 1.28. The van der Waals surface area contributed by atoms with Crippen LogP contribution in [-0.2, 0) is 4.74 Å². The summed E-state index contributed by atoms with van der Waals surface area (Å²) in [6.07, 6.45) is 2.91. The standard InChI is InChI=1S/C10H15N7O2/c1-3-12-8-14-9(17-7-11-6-13-17)16-10(15-8)19-5-4-18-2/h6-7H,3-5H2,1-2H3,(H,12,14,15,16). The van der Waals surface area contributed by atoms with E-state index < -0.39 is 0 Å². The van der Waals surface area contributed by atoms with Gasteiger partial charge in [0.2, 0.25) is 5.95 Å². The van der Waals surface area contributed by atoms with Gasteiger partial charge in [0.05, 0.1) is 6.61 Å². The van der Waals surface area contributed by atoms with Gasteiger partial charge in [-0.3, -0.25) is 0 Å². The zero-order valence-corrected chi connectivity index (χ0v) is 10.8. The van der Waals surface area contributed by atoms with E-state index in [1.54, 1.807) is 7.11 Å². The molecule has 1 N–H and O–H groups in total. The van der Waals surface area contributed by atoms with E-state index in [0.29, 0.717) is 31.7 Å². The monoisotopic (exact) mass is 265 g/mol. The fraction of sp³-hybridized carbons (Fsp3) is 0.500. The van der Waals surface area contributed by atoms with Gasteiger partial charge in [0.15, 0.2) is 0 Å². The van der Waals surface area contributed by atoms with Crippen LogP contribution in [0.25, 0.3) is 5.95 Å². The lowest BCUT2D eigenvalue weighted by Gasteiger charge is -2.08. The van der Waals surface area contributed by atoms with Crippen LogP contribution >= 0.6 is 0 Å². The van der Waals surface area contributed by atoms with E-state index in [1.807, 2.05) is 6.92 Å². The van der Waals surface area contributed by atoms with Crippen LogP contribution in [0.4, 0.5) is 5.95 Å². The van der Waals surface area contributed by atoms with Gasteiger partial charge in [0.25, 0.3) is 5.95 Å². The third-order valence-electron chi connectivity index (χ3n) is 2.08. The van der Waals surface area contributed by atoms with E-state index in [-0.39, 0.29) is 6.01 Å². The molecular formula is C10H15N7O2. The number of rotatable bonds is 7. The van der Waals surface area contributed by atoms with Crippen LogP contribution in [0.3, 0.4) is 0 Å². The Hall–Kier alpha value is -2.29. The molecule has 0 spiro atoms. The predicted molar refractivity (Wildman–Crippen MR) is 66.3 cm³/mol. The average molecular weight is 265 g/mol. The predicted octanol–water partition coefficient (Wildman–Crippen LogP) is -0.0907. The summed E-state index contributed by atoms with van der Waals surface area (Å²) in [4.78, 5) is 16.3. The number of ether oxygens (including phenoxy) is 2. The number of hydrogen-bond donors (Lipinski definition) is 1. The molecule has 9 heteroatoms. The molecule has 9 nitrogen and oxygen atoms in total. The van der Waals surface area contributed by atoms with Crippen molar-refractivity contribution in [2.45, 2.75) is 6.92 Å². The Morgan fingerprint density at radius 1 is 1.26 bits per heavy atom. The highest BCUT2D eigenvalue weighted by molar-refractivity contribution is 5.29. The van der Waals surface area contributed by atoms with Gasteiger partial charge >= 0.3 is 6.01 Å². The summed E-state index contributed by atoms with van der Waals surface area (Å²) < 4.78 is 11.7. The molecule has 0 saturated heterocycles. The normalized spacial score (nSPS) is 10.4. The molecule has 0 atom stereocenters. The topological polar surface area (TPSA) is 99.9 Å². The van der Waals surface area contributed by atoms with Crippen molar-refractivity contribution >= 4 is 5.95 Å². The highest BCUT2D eigenvalue weighted by Gasteiger charge is 2.09. The minimum Gasteiger partial charge on any atom is -0.461 e. The van der Waals surface area contributed by atoms with Gasteiger partial charge in [-0.2, -0.15) is 24.7 Å². The van der Waals surface area contributed by atoms with E-state index in [4.69, 9.17) is 9.47 Å². The lowest BCUT2D eigenvalue weighted by atomic mass is 10.7. The van der Waals surface area contributed by atoms with Gasteiger partial charge in [-0.05, 0) is 6.92 Å². The van der Waals surface area contributed by atoms with Gasteiger partial charge in [-0.25, -0.2) is 4.98 Å². The molecule has 0 aliphatic carbocycles. The summed E-state index contributed by atoms with van der Waals surface area (Å²) in [5, 5.41) is 6.98. The minimum atomic E-state index is 0.216. The van der Waals surface area contributed by atoms with Crippen molar-refractivity contribution in [3.8, 4) is 12.0 Å². The Labute approximate surface area is 110 Å². The number of nitrogens with zero attached hydrogens (tertiary/aromatic N) is 6. The molecule has 0 aliphatic rings. The van der Waals surface area contributed by atoms with Crippen LogP contribution in [0.15, 0.2) is 12.7 Å². The summed E-state index contributed by atoms with van der Waals surface area (Å²) >= 11 is 0. The maximum absolute atomic E-state index is 5.38. The summed E-state index contributed by atoms with van der Waals surface area (Å²) in [6, 6.07) is 0.216. The lowest BCUT2D eigenvalue weighted by molar-refractivity contribution is 0.140. The largest absolute Gasteiger partial charge is 0.461 e. The van der Waals surface area contributed by atoms with E-state index in [1.165, 1.54) is 17.3 Å². The van der Waals surface area contributed by atoms with Crippen molar-refractivity contribution in [2.75, 3.05) is 32.2 Å². The first-order valence-corrected chi connectivity index (χ1v) is 5.80. The molecule has 2 rings (SSSR count). The zero-order valence-electron chi connectivity index (χ0n) is 10.8. The Balaban J connectivity index is 2.22. The van der Waals surface area contributed by atoms with Gasteiger partial charge in [-0.15, -0.1) is 0 Å². The molecule has 0 radical (unpaired) electrons. The number of nitrogens with one attached hydrogen (secondary N) is 1. The second-order valence-electron chi connectivity index (χ2n) is 3.45. The molecule has 0 aliphatic heterocycles. The van der Waals surface area contributed by atoms with E-state index in [0.717, 1.165) is 0 Å². The molecule has 0 saturated carbocycles. The van der Waals surface area contributed by atoms with Gasteiger partial charge < -0.3 is 14.8 Å². The molecule has 19 heavy (non-hydrogen) atoms. The third kappa shape index (κ3) is 3.58. The molecule has 0 bridgehead atoms. The first kappa shape index (κ1) is 13.1. The number of hydrogen-bond acceptors (Lipinski definition) is 8. The minimum absolute atomic E-state index is 0.216. The van der Waals surface area contributed by atoms with Gasteiger partial charge in [-0.1, -0.05) is 0 Å². The molecule has 0 fully saturated rings. The SMILES string of the molecule is CCNc1nc(OCCOC)nc(-n2cncn2)n1. The molecule has 0 aromatic carbocycles. The first-order valence-electron chi connectivity index (χ1n) is 5.80. The molecule has 2 aromatic rings. The van der Waals surface area contributed by atoms with Gasteiger partial charge in [0, 0.05) is 13.7 Å². The quantitative estimate of drug-likeness (QED) is 0.693. The van der Waals surface area contributed by atoms with Crippen LogP contribution in [-0.4, -0.2) is 56.6 Å². The second-order valence-corrected chi connectivity index (χ2v) is 3.45. The summed E-state index contributed by atoms with van der Waals surface area (Å²) in [7, 11) is 1.60. The lowest BCUT2D eigenvalue weighted by Crippen LogP contribution is -2.13. The van der Waals surface area contributed by atoms with Gasteiger partial charge in [0.1, 0.15) is 19.3 Å². The van der Waals surface area contributed by atoms with Crippen molar-refractivity contribution in [3.05, 3.63) is 12.7 Å². The summed E-state index contributed by atoms with van der Waals surface area (Å²) in [6.45, 7) is 3.46. The maximum Gasteiger partial charge on any atom is 0.323 e. The Morgan fingerprint density at radius 2 is 2.16 bits per heavy atom. The Kier molecular flexibility index (Phi) is 4.56. The van der Waals surface area contributed by atoms with Crippen LogP contribution in [0.5, 0.6) is 6.01 Å². The number of anilines is 1. The first-order chi connectivity index (χ1) is 9.33. The smallest absolute Gasteiger partial charge is 0.323 e. The van der Waals surface area contributed by atoms with Crippen LogP contribution < -0.4 is 10.1 Å². The molecule has 102 valence electrons. The molecular weight excluding hydrogens is 250 g/mol. The molecule has 0 unspecified atom stereocenters. The Bertz CT molecular complexity index is 503. The van der Waals surface area contributed by atoms with Crippen molar-refractivity contribution in [2.24, 2.45) is 0 Å². The highest BCUT2D eigenvalue weighted by Crippen LogP contribution is 2.09. The van der Waals surface area contributed by atoms with E-state index >= 15 is 0 Å². The van der Waals surface area contributed by atoms with Crippen molar-refractivity contribution in [1.29, 1.82) is 0 Å². The van der Waals surface area contributed by atoms with Crippen molar-refractivity contribution < 1.29 is 9.47 Å². The van der Waals surface area contributed by atoms with Crippen LogP contribution in [0, 0.1) is 0 Å². The maximum atomic E-state index is 5.38. The molecule has 0 amide bonds. The van der Waals surface area contributed by atoms with Crippen LogP contribution in [0.2, 0.25) is 0 Å². The summed E-state index contributed by atoms with van der Waals surface area (Å²) in [5.41, 5.74) is 0. The van der Waals surface area contributed by atoms with E-state index in [9.17, 15) is 0 Å². The number of methoxy groups -OCH3 is 1.